The molecule has 7 heteroatoms. The first kappa shape index (κ1) is 26.9. The van der Waals surface area contributed by atoms with Crippen LogP contribution >= 0.6 is 11.3 Å². The first-order chi connectivity index (χ1) is 20.3. The summed E-state index contributed by atoms with van der Waals surface area (Å²) < 4.78 is 4.39. The number of aryl methyl sites for hydroxylation is 2. The van der Waals surface area contributed by atoms with Gasteiger partial charge >= 0.3 is 0 Å². The van der Waals surface area contributed by atoms with Crippen LogP contribution in [-0.2, 0) is 24.4 Å². The number of amides is 1. The van der Waals surface area contributed by atoms with E-state index in [2.05, 4.69) is 56.5 Å². The van der Waals surface area contributed by atoms with Crippen molar-refractivity contribution >= 4 is 51.0 Å². The maximum atomic E-state index is 13.9. The minimum Gasteiger partial charge on any atom is -0.343 e. The highest BCUT2D eigenvalue weighted by Gasteiger charge is 2.44. The molecule has 2 aliphatic rings. The van der Waals surface area contributed by atoms with Crippen molar-refractivity contribution in [1.29, 1.82) is 0 Å². The Kier molecular flexibility index (Phi) is 6.65. The number of hydrogen-bond acceptors (Lipinski definition) is 4. The molecule has 0 aliphatic heterocycles. The number of allylic oxidation sites excluding steroid dienone is 1. The van der Waals surface area contributed by atoms with Crippen molar-refractivity contribution in [1.82, 2.24) is 19.4 Å². The van der Waals surface area contributed by atoms with Crippen LogP contribution < -0.4 is 5.32 Å². The van der Waals surface area contributed by atoms with E-state index in [-0.39, 0.29) is 11.7 Å². The van der Waals surface area contributed by atoms with Crippen LogP contribution in [0, 0.1) is 0 Å². The van der Waals surface area contributed by atoms with E-state index in [0.717, 1.165) is 47.2 Å². The number of hydrogen-bond donors (Lipinski definition) is 1. The third kappa shape index (κ3) is 4.42. The summed E-state index contributed by atoms with van der Waals surface area (Å²) in [6, 6.07) is 14.5. The third-order valence-corrected chi connectivity index (χ3v) is 10.1. The Morgan fingerprint density at radius 3 is 2.50 bits per heavy atom. The molecule has 0 radical (unpaired) electrons. The fourth-order valence-corrected chi connectivity index (χ4v) is 7.80. The number of rotatable bonds is 7. The largest absolute Gasteiger partial charge is 0.343 e. The van der Waals surface area contributed by atoms with Gasteiger partial charge in [0.25, 0.3) is 5.91 Å². The number of carbonyl (C=O) groups is 2. The fourth-order valence-electron chi connectivity index (χ4n) is 7.16. The summed E-state index contributed by atoms with van der Waals surface area (Å²) >= 11 is 1.73. The number of ketones is 1. The average molecular weight is 577 g/mol. The lowest BCUT2D eigenvalue weighted by Gasteiger charge is -2.41. The Hall–Kier alpha value is -3.97. The molecule has 3 aromatic heterocycles. The molecule has 42 heavy (non-hydrogen) atoms. The van der Waals surface area contributed by atoms with Crippen LogP contribution in [0.15, 0.2) is 59.3 Å². The second-order valence-corrected chi connectivity index (χ2v) is 12.9. The SMILES string of the molecule is CC(=O)/C=C/c1ccc2nc(C3(NC(=O)c4ccc5c(C6CCCC6)c(-c6ccsc6)n(C)c5c4)CCC3)n(C)c2c1. The predicted molar refractivity (Wildman–Crippen MR) is 171 cm³/mol. The number of aromatic nitrogens is 3. The molecule has 2 fully saturated rings. The second-order valence-electron chi connectivity index (χ2n) is 12.1. The molecule has 0 atom stereocenters. The zero-order chi connectivity index (χ0) is 29.0. The normalized spacial score (nSPS) is 16.9. The zero-order valence-corrected chi connectivity index (χ0v) is 25.3. The van der Waals surface area contributed by atoms with Gasteiger partial charge < -0.3 is 14.5 Å². The summed E-state index contributed by atoms with van der Waals surface area (Å²) in [5.74, 6) is 1.41. The monoisotopic (exact) mass is 576 g/mol. The van der Waals surface area contributed by atoms with Crippen LogP contribution in [0.1, 0.15) is 85.1 Å². The van der Waals surface area contributed by atoms with Crippen LogP contribution in [0.2, 0.25) is 0 Å². The summed E-state index contributed by atoms with van der Waals surface area (Å²) in [5, 5.41) is 9.07. The number of fused-ring (bicyclic) bond motifs is 2. The Labute approximate surface area is 250 Å². The summed E-state index contributed by atoms with van der Waals surface area (Å²) in [4.78, 5) is 30.3. The van der Waals surface area contributed by atoms with Gasteiger partial charge in [0.2, 0.25) is 0 Å². The van der Waals surface area contributed by atoms with Crippen molar-refractivity contribution in [3.8, 4) is 11.3 Å². The lowest BCUT2D eigenvalue weighted by atomic mass is 9.75. The van der Waals surface area contributed by atoms with Crippen LogP contribution in [-0.4, -0.2) is 25.8 Å². The molecule has 2 saturated carbocycles. The van der Waals surface area contributed by atoms with Crippen LogP contribution in [0.4, 0.5) is 0 Å². The zero-order valence-electron chi connectivity index (χ0n) is 24.4. The minimum atomic E-state index is -0.500. The van der Waals surface area contributed by atoms with E-state index in [9.17, 15) is 9.59 Å². The molecular formula is C35H36N4O2S. The summed E-state index contributed by atoms with van der Waals surface area (Å²) in [7, 11) is 4.16. The summed E-state index contributed by atoms with van der Waals surface area (Å²) in [5.41, 5.74) is 8.13. The van der Waals surface area contributed by atoms with Gasteiger partial charge in [-0.3, -0.25) is 9.59 Å². The fraction of sp³-hybridized carbons (Fsp3) is 0.343. The van der Waals surface area contributed by atoms with Crippen LogP contribution in [0.3, 0.4) is 0 Å². The maximum absolute atomic E-state index is 13.9. The van der Waals surface area contributed by atoms with E-state index in [4.69, 9.17) is 4.98 Å². The van der Waals surface area contributed by atoms with Gasteiger partial charge in [0.1, 0.15) is 5.82 Å². The van der Waals surface area contributed by atoms with Crippen LogP contribution in [0.25, 0.3) is 39.3 Å². The van der Waals surface area contributed by atoms with Crippen molar-refractivity contribution in [2.24, 2.45) is 14.1 Å². The number of thiophene rings is 1. The number of imidazole rings is 1. The standard InChI is InChI=1S/C35H36N4O2S/c1-22(40)9-10-23-11-14-28-30(19-23)39(3)34(36-28)35(16-6-17-35)37-33(41)25-12-13-27-29(20-25)38(2)32(26-15-18-42-21-26)31(27)24-7-4-5-8-24/h9-15,18-21,24H,4-8,16-17H2,1-3H3,(H,37,41)/b10-9+. The van der Waals surface area contributed by atoms with Gasteiger partial charge in [0.05, 0.1) is 22.3 Å². The van der Waals surface area contributed by atoms with E-state index in [1.54, 1.807) is 24.3 Å². The number of nitrogens with one attached hydrogen (secondary N) is 1. The lowest BCUT2D eigenvalue weighted by Crippen LogP contribution is -2.52. The van der Waals surface area contributed by atoms with E-state index in [1.807, 2.05) is 31.3 Å². The van der Waals surface area contributed by atoms with Gasteiger partial charge in [-0.25, -0.2) is 4.98 Å². The van der Waals surface area contributed by atoms with Gasteiger partial charge in [-0.1, -0.05) is 31.1 Å². The molecule has 3 heterocycles. The minimum absolute atomic E-state index is 0.0166. The highest BCUT2D eigenvalue weighted by molar-refractivity contribution is 7.08. The molecule has 1 N–H and O–H groups in total. The number of benzene rings is 2. The molecule has 0 spiro atoms. The van der Waals surface area contributed by atoms with Gasteiger partial charge in [-0.15, -0.1) is 0 Å². The highest BCUT2D eigenvalue weighted by atomic mass is 32.1. The molecule has 0 unspecified atom stereocenters. The van der Waals surface area contributed by atoms with Gasteiger partial charge in [0, 0.05) is 41.5 Å². The predicted octanol–water partition coefficient (Wildman–Crippen LogP) is 7.86. The lowest BCUT2D eigenvalue weighted by molar-refractivity contribution is -0.112. The molecular weight excluding hydrogens is 540 g/mol. The van der Waals surface area contributed by atoms with E-state index in [1.165, 1.54) is 47.9 Å². The Morgan fingerprint density at radius 2 is 1.81 bits per heavy atom. The van der Waals surface area contributed by atoms with Gasteiger partial charge in [0.15, 0.2) is 5.78 Å². The molecule has 214 valence electrons. The maximum Gasteiger partial charge on any atom is 0.252 e. The Morgan fingerprint density at radius 1 is 1.00 bits per heavy atom. The van der Waals surface area contributed by atoms with Crippen molar-refractivity contribution in [2.45, 2.75) is 63.3 Å². The first-order valence-corrected chi connectivity index (χ1v) is 15.9. The molecule has 5 aromatic rings. The van der Waals surface area contributed by atoms with Crippen molar-refractivity contribution in [3.63, 3.8) is 0 Å². The van der Waals surface area contributed by atoms with E-state index in [0.29, 0.717) is 11.5 Å². The summed E-state index contributed by atoms with van der Waals surface area (Å²) in [6.45, 7) is 1.55. The number of carbonyl (C=O) groups excluding carboxylic acids is 2. The molecule has 2 aromatic carbocycles. The molecule has 7 rings (SSSR count). The van der Waals surface area contributed by atoms with Gasteiger partial charge in [-0.2, -0.15) is 11.3 Å². The quantitative estimate of drug-likeness (QED) is 0.201. The van der Waals surface area contributed by atoms with Crippen molar-refractivity contribution in [3.05, 3.63) is 81.8 Å². The Bertz CT molecular complexity index is 1860. The highest BCUT2D eigenvalue weighted by Crippen LogP contribution is 2.45. The molecule has 0 bridgehead atoms. The number of nitrogens with zero attached hydrogens (tertiary/aromatic N) is 3. The van der Waals surface area contributed by atoms with Crippen molar-refractivity contribution in [2.75, 3.05) is 0 Å². The van der Waals surface area contributed by atoms with E-state index >= 15 is 0 Å². The smallest absolute Gasteiger partial charge is 0.252 e. The summed E-state index contributed by atoms with van der Waals surface area (Å²) in [6.07, 6.45) is 11.2. The molecule has 6 nitrogen and oxygen atoms in total. The van der Waals surface area contributed by atoms with Crippen molar-refractivity contribution < 1.29 is 9.59 Å². The molecule has 0 saturated heterocycles. The van der Waals surface area contributed by atoms with E-state index < -0.39 is 5.54 Å². The second kappa shape index (κ2) is 10.4. The van der Waals surface area contributed by atoms with Crippen LogP contribution in [0.5, 0.6) is 0 Å². The average Bonchev–Trinajstić information content (AvgIpc) is 3.77. The first-order valence-electron chi connectivity index (χ1n) is 15.0. The molecule has 2 aliphatic carbocycles. The van der Waals surface area contributed by atoms with Gasteiger partial charge in [-0.05, 0) is 97.9 Å². The topological polar surface area (TPSA) is 68.9 Å². The third-order valence-electron chi connectivity index (χ3n) is 9.46. The molecule has 1 amide bonds. The Balaban J connectivity index is 1.24.